The van der Waals surface area contributed by atoms with E-state index >= 15 is 0 Å². The SMILES string of the molecule is CCCCC(N)C(CC)(CC)c1ccccc1. The lowest BCUT2D eigenvalue weighted by Crippen LogP contribution is -2.44. The molecule has 1 aromatic carbocycles. The fraction of sp³-hybridized carbons (Fsp3) is 0.625. The van der Waals surface area contributed by atoms with E-state index in [0.717, 1.165) is 19.3 Å². The molecule has 0 heterocycles. The molecule has 0 radical (unpaired) electrons. The second-order valence-electron chi connectivity index (χ2n) is 4.98. The van der Waals surface area contributed by atoms with Gasteiger partial charge in [-0.3, -0.25) is 0 Å². The Labute approximate surface area is 106 Å². The van der Waals surface area contributed by atoms with Crippen molar-refractivity contribution in [2.45, 2.75) is 64.3 Å². The van der Waals surface area contributed by atoms with Crippen molar-refractivity contribution >= 4 is 0 Å². The van der Waals surface area contributed by atoms with Crippen LogP contribution >= 0.6 is 0 Å². The van der Waals surface area contributed by atoms with Gasteiger partial charge in [0.05, 0.1) is 0 Å². The Kier molecular flexibility index (Phi) is 5.70. The van der Waals surface area contributed by atoms with Crippen LogP contribution in [0.3, 0.4) is 0 Å². The van der Waals surface area contributed by atoms with Crippen molar-refractivity contribution in [3.63, 3.8) is 0 Å². The zero-order valence-electron chi connectivity index (χ0n) is 11.6. The first-order valence-electron chi connectivity index (χ1n) is 7.02. The van der Waals surface area contributed by atoms with Crippen LogP contribution in [0.25, 0.3) is 0 Å². The standard InChI is InChI=1S/C16H27N/c1-4-7-13-15(17)16(5-2,6-3)14-11-9-8-10-12-14/h8-12,15H,4-7,13,17H2,1-3H3. The van der Waals surface area contributed by atoms with E-state index in [-0.39, 0.29) is 11.5 Å². The highest BCUT2D eigenvalue weighted by molar-refractivity contribution is 5.27. The van der Waals surface area contributed by atoms with Crippen LogP contribution in [0.15, 0.2) is 30.3 Å². The van der Waals surface area contributed by atoms with Crippen molar-refractivity contribution in [1.82, 2.24) is 0 Å². The van der Waals surface area contributed by atoms with Crippen LogP contribution in [0, 0.1) is 0 Å². The minimum Gasteiger partial charge on any atom is -0.327 e. The monoisotopic (exact) mass is 233 g/mol. The lowest BCUT2D eigenvalue weighted by molar-refractivity contribution is 0.299. The number of hydrogen-bond donors (Lipinski definition) is 1. The van der Waals surface area contributed by atoms with Crippen molar-refractivity contribution in [2.75, 3.05) is 0 Å². The minimum atomic E-state index is 0.163. The predicted octanol–water partition coefficient (Wildman–Crippen LogP) is 4.26. The van der Waals surface area contributed by atoms with Gasteiger partial charge in [-0.15, -0.1) is 0 Å². The molecule has 1 heteroatoms. The first-order valence-corrected chi connectivity index (χ1v) is 7.02. The summed E-state index contributed by atoms with van der Waals surface area (Å²) in [5, 5.41) is 0. The molecule has 0 aliphatic heterocycles. The van der Waals surface area contributed by atoms with Gasteiger partial charge >= 0.3 is 0 Å². The Morgan fingerprint density at radius 1 is 1.06 bits per heavy atom. The molecule has 0 saturated heterocycles. The van der Waals surface area contributed by atoms with E-state index in [1.54, 1.807) is 0 Å². The van der Waals surface area contributed by atoms with E-state index in [9.17, 15) is 0 Å². The molecule has 1 rings (SSSR count). The van der Waals surface area contributed by atoms with Crippen LogP contribution < -0.4 is 5.73 Å². The molecule has 1 unspecified atom stereocenters. The van der Waals surface area contributed by atoms with Crippen LogP contribution in [0.1, 0.15) is 58.4 Å². The van der Waals surface area contributed by atoms with Crippen LogP contribution in [0.5, 0.6) is 0 Å². The third kappa shape index (κ3) is 3.10. The Balaban J connectivity index is 2.96. The average molecular weight is 233 g/mol. The maximum absolute atomic E-state index is 6.49. The Morgan fingerprint density at radius 2 is 1.65 bits per heavy atom. The van der Waals surface area contributed by atoms with Gasteiger partial charge in [0, 0.05) is 11.5 Å². The highest BCUT2D eigenvalue weighted by atomic mass is 14.7. The summed E-state index contributed by atoms with van der Waals surface area (Å²) in [5.41, 5.74) is 8.07. The second-order valence-corrected chi connectivity index (χ2v) is 4.98. The molecule has 0 fully saturated rings. The maximum Gasteiger partial charge on any atom is 0.0136 e. The maximum atomic E-state index is 6.49. The van der Waals surface area contributed by atoms with Gasteiger partial charge in [-0.05, 0) is 24.8 Å². The fourth-order valence-electron chi connectivity index (χ4n) is 2.87. The van der Waals surface area contributed by atoms with E-state index in [1.807, 2.05) is 0 Å². The molecule has 0 saturated carbocycles. The summed E-state index contributed by atoms with van der Waals surface area (Å²) in [7, 11) is 0. The van der Waals surface area contributed by atoms with E-state index in [2.05, 4.69) is 51.1 Å². The number of benzene rings is 1. The number of rotatable bonds is 7. The number of nitrogens with two attached hydrogens (primary N) is 1. The molecule has 2 N–H and O–H groups in total. The summed E-state index contributed by atoms with van der Waals surface area (Å²) in [6.45, 7) is 6.76. The molecular weight excluding hydrogens is 206 g/mol. The van der Waals surface area contributed by atoms with Gasteiger partial charge in [0.15, 0.2) is 0 Å². The Morgan fingerprint density at radius 3 is 2.12 bits per heavy atom. The highest BCUT2D eigenvalue weighted by Gasteiger charge is 2.34. The molecule has 0 spiro atoms. The normalized spacial score (nSPS) is 13.6. The molecule has 0 aromatic heterocycles. The lowest BCUT2D eigenvalue weighted by atomic mass is 9.69. The molecule has 1 atom stereocenters. The molecule has 0 aliphatic carbocycles. The second kappa shape index (κ2) is 6.80. The first kappa shape index (κ1) is 14.2. The Hall–Kier alpha value is -0.820. The lowest BCUT2D eigenvalue weighted by Gasteiger charge is -2.38. The number of hydrogen-bond acceptors (Lipinski definition) is 1. The van der Waals surface area contributed by atoms with Crippen LogP contribution in [0.4, 0.5) is 0 Å². The number of unbranched alkanes of at least 4 members (excludes halogenated alkanes) is 1. The van der Waals surface area contributed by atoms with E-state index in [4.69, 9.17) is 5.73 Å². The quantitative estimate of drug-likeness (QED) is 0.748. The average Bonchev–Trinajstić information content (AvgIpc) is 2.39. The molecular formula is C16H27N. The van der Waals surface area contributed by atoms with Gasteiger partial charge in [-0.25, -0.2) is 0 Å². The largest absolute Gasteiger partial charge is 0.327 e. The molecule has 96 valence electrons. The third-order valence-electron chi connectivity index (χ3n) is 4.19. The summed E-state index contributed by atoms with van der Waals surface area (Å²) in [5.74, 6) is 0. The molecule has 0 bridgehead atoms. The van der Waals surface area contributed by atoms with E-state index < -0.39 is 0 Å². The zero-order chi connectivity index (χ0) is 12.7. The summed E-state index contributed by atoms with van der Waals surface area (Å²) in [6, 6.07) is 11.1. The van der Waals surface area contributed by atoms with Crippen molar-refractivity contribution in [1.29, 1.82) is 0 Å². The van der Waals surface area contributed by atoms with Crippen LogP contribution in [-0.2, 0) is 5.41 Å². The summed E-state index contributed by atoms with van der Waals surface area (Å²) in [4.78, 5) is 0. The fourth-order valence-corrected chi connectivity index (χ4v) is 2.87. The molecule has 1 nitrogen and oxygen atoms in total. The Bertz CT molecular complexity index is 301. The molecule has 0 amide bonds. The molecule has 0 aliphatic rings. The first-order chi connectivity index (χ1) is 8.21. The van der Waals surface area contributed by atoms with E-state index in [1.165, 1.54) is 18.4 Å². The minimum absolute atomic E-state index is 0.163. The van der Waals surface area contributed by atoms with Crippen molar-refractivity contribution < 1.29 is 0 Å². The predicted molar refractivity (Wildman–Crippen MR) is 76.2 cm³/mol. The van der Waals surface area contributed by atoms with Crippen molar-refractivity contribution in [3.05, 3.63) is 35.9 Å². The smallest absolute Gasteiger partial charge is 0.0136 e. The highest BCUT2D eigenvalue weighted by Crippen LogP contribution is 2.36. The molecule has 17 heavy (non-hydrogen) atoms. The van der Waals surface area contributed by atoms with Crippen LogP contribution in [-0.4, -0.2) is 6.04 Å². The molecule has 1 aromatic rings. The summed E-state index contributed by atoms with van der Waals surface area (Å²) >= 11 is 0. The van der Waals surface area contributed by atoms with Gasteiger partial charge in [0.25, 0.3) is 0 Å². The van der Waals surface area contributed by atoms with Crippen molar-refractivity contribution in [2.24, 2.45) is 5.73 Å². The van der Waals surface area contributed by atoms with Crippen LogP contribution in [0.2, 0.25) is 0 Å². The zero-order valence-corrected chi connectivity index (χ0v) is 11.6. The summed E-state index contributed by atoms with van der Waals surface area (Å²) in [6.07, 6.45) is 5.84. The van der Waals surface area contributed by atoms with Gasteiger partial charge in [-0.2, -0.15) is 0 Å². The van der Waals surface area contributed by atoms with Gasteiger partial charge < -0.3 is 5.73 Å². The van der Waals surface area contributed by atoms with Gasteiger partial charge in [0.2, 0.25) is 0 Å². The van der Waals surface area contributed by atoms with Crippen molar-refractivity contribution in [3.8, 4) is 0 Å². The topological polar surface area (TPSA) is 26.0 Å². The third-order valence-corrected chi connectivity index (χ3v) is 4.19. The van der Waals surface area contributed by atoms with Gasteiger partial charge in [-0.1, -0.05) is 63.9 Å². The van der Waals surface area contributed by atoms with E-state index in [0.29, 0.717) is 0 Å². The summed E-state index contributed by atoms with van der Waals surface area (Å²) < 4.78 is 0. The van der Waals surface area contributed by atoms with Gasteiger partial charge in [0.1, 0.15) is 0 Å².